The number of hydrogen-bond acceptors (Lipinski definition) is 4. The Balaban J connectivity index is 2.34. The fourth-order valence-corrected chi connectivity index (χ4v) is 1.74. The van der Waals surface area contributed by atoms with E-state index >= 15 is 0 Å². The fraction of sp³-hybridized carbons (Fsp3) is 0.818. The summed E-state index contributed by atoms with van der Waals surface area (Å²) in [5.74, 6) is -0.0710. The summed E-state index contributed by atoms with van der Waals surface area (Å²) in [5.41, 5.74) is 0. The first-order valence-corrected chi connectivity index (χ1v) is 6.10. The van der Waals surface area contributed by atoms with Crippen LogP contribution in [-0.2, 0) is 9.53 Å². The van der Waals surface area contributed by atoms with Gasteiger partial charge in [-0.1, -0.05) is 0 Å². The van der Waals surface area contributed by atoms with Crippen molar-refractivity contribution in [2.45, 2.75) is 6.18 Å². The van der Waals surface area contributed by atoms with Gasteiger partial charge >= 0.3 is 12.3 Å². The number of piperazine rings is 1. The Morgan fingerprint density at radius 2 is 1.60 bits per heavy atom. The number of rotatable bonds is 3. The van der Waals surface area contributed by atoms with Gasteiger partial charge in [-0.3, -0.25) is 4.79 Å². The molecule has 6 nitrogen and oxygen atoms in total. The molecule has 9 heteroatoms. The second-order valence-electron chi connectivity index (χ2n) is 4.78. The summed E-state index contributed by atoms with van der Waals surface area (Å²) in [7, 11) is 3.53. The molecule has 1 saturated heterocycles. The molecule has 0 aromatic rings. The lowest BCUT2D eigenvalue weighted by molar-refractivity contribution is -0.162. The highest BCUT2D eigenvalue weighted by molar-refractivity contribution is 5.78. The predicted molar refractivity (Wildman–Crippen MR) is 64.1 cm³/mol. The van der Waals surface area contributed by atoms with Gasteiger partial charge in [-0.25, -0.2) is 4.79 Å². The number of alkyl halides is 3. The first-order valence-electron chi connectivity index (χ1n) is 6.10. The molecule has 0 aromatic heterocycles. The number of nitrogens with zero attached hydrogens (tertiary/aromatic N) is 3. The topological polar surface area (TPSA) is 53.1 Å². The summed E-state index contributed by atoms with van der Waals surface area (Å²) in [4.78, 5) is 27.6. The normalized spacial score (nSPS) is 16.5. The van der Waals surface area contributed by atoms with Crippen LogP contribution in [0.3, 0.4) is 0 Å². The van der Waals surface area contributed by atoms with Crippen LogP contribution in [0.4, 0.5) is 18.0 Å². The van der Waals surface area contributed by atoms with E-state index in [0.717, 1.165) is 0 Å². The summed E-state index contributed by atoms with van der Waals surface area (Å²) in [5, 5.41) is 0. The van der Waals surface area contributed by atoms with Crippen LogP contribution in [0, 0.1) is 0 Å². The van der Waals surface area contributed by atoms with Gasteiger partial charge in [-0.2, -0.15) is 13.2 Å². The van der Waals surface area contributed by atoms with Crippen molar-refractivity contribution in [1.29, 1.82) is 0 Å². The third kappa shape index (κ3) is 5.64. The van der Waals surface area contributed by atoms with E-state index in [1.807, 2.05) is 0 Å². The monoisotopic (exact) mass is 297 g/mol. The molecule has 0 radical (unpaired) electrons. The average Bonchev–Trinajstić information content (AvgIpc) is 2.34. The van der Waals surface area contributed by atoms with E-state index in [1.54, 1.807) is 23.9 Å². The summed E-state index contributed by atoms with van der Waals surface area (Å²) < 4.78 is 39.9. The van der Waals surface area contributed by atoms with Crippen molar-refractivity contribution in [3.05, 3.63) is 0 Å². The lowest BCUT2D eigenvalue weighted by Crippen LogP contribution is -2.52. The lowest BCUT2D eigenvalue weighted by atomic mass is 10.3. The minimum absolute atomic E-state index is 0.0710. The SMILES string of the molecule is CN(C)CC(=O)N1CCN(C(=O)OCC(F)(F)F)CC1. The molecule has 0 atom stereocenters. The van der Waals surface area contributed by atoms with E-state index in [0.29, 0.717) is 13.1 Å². The average molecular weight is 297 g/mol. The van der Waals surface area contributed by atoms with Crippen molar-refractivity contribution in [2.24, 2.45) is 0 Å². The maximum absolute atomic E-state index is 11.9. The largest absolute Gasteiger partial charge is 0.440 e. The second-order valence-corrected chi connectivity index (χ2v) is 4.78. The van der Waals surface area contributed by atoms with Gasteiger partial charge in [-0.15, -0.1) is 0 Å². The molecule has 0 bridgehead atoms. The van der Waals surface area contributed by atoms with Crippen LogP contribution in [0.1, 0.15) is 0 Å². The van der Waals surface area contributed by atoms with Crippen molar-refractivity contribution in [3.63, 3.8) is 0 Å². The van der Waals surface area contributed by atoms with Gasteiger partial charge in [0.15, 0.2) is 6.61 Å². The standard InChI is InChI=1S/C11H18F3N3O3/c1-15(2)7-9(18)16-3-5-17(6-4-16)10(19)20-8-11(12,13)14/h3-8H2,1-2H3. The Hall–Kier alpha value is -1.51. The zero-order chi connectivity index (χ0) is 15.3. The van der Waals surface area contributed by atoms with E-state index < -0.39 is 18.9 Å². The van der Waals surface area contributed by atoms with Crippen molar-refractivity contribution in [1.82, 2.24) is 14.7 Å². The highest BCUT2D eigenvalue weighted by atomic mass is 19.4. The van der Waals surface area contributed by atoms with Crippen LogP contribution in [0.25, 0.3) is 0 Å². The van der Waals surface area contributed by atoms with E-state index in [4.69, 9.17) is 0 Å². The first-order chi connectivity index (χ1) is 9.19. The Morgan fingerprint density at radius 3 is 2.05 bits per heavy atom. The van der Waals surface area contributed by atoms with Crippen LogP contribution in [-0.4, -0.2) is 86.3 Å². The van der Waals surface area contributed by atoms with E-state index in [1.165, 1.54) is 4.90 Å². The number of hydrogen-bond donors (Lipinski definition) is 0. The predicted octanol–water partition coefficient (Wildman–Crippen LogP) is 0.391. The number of likely N-dealkylation sites (N-methyl/N-ethyl adjacent to an activating group) is 1. The van der Waals surface area contributed by atoms with Crippen LogP contribution >= 0.6 is 0 Å². The number of ether oxygens (including phenoxy) is 1. The smallest absolute Gasteiger partial charge is 0.422 e. The number of carbonyl (C=O) groups excluding carboxylic acids is 2. The molecule has 1 rings (SSSR count). The van der Waals surface area contributed by atoms with E-state index in [9.17, 15) is 22.8 Å². The quantitative estimate of drug-likeness (QED) is 0.756. The zero-order valence-electron chi connectivity index (χ0n) is 11.4. The van der Waals surface area contributed by atoms with Crippen molar-refractivity contribution >= 4 is 12.0 Å². The summed E-state index contributed by atoms with van der Waals surface area (Å²) >= 11 is 0. The van der Waals surface area contributed by atoms with Crippen molar-refractivity contribution in [3.8, 4) is 0 Å². The molecular formula is C11H18F3N3O3. The molecule has 1 aliphatic heterocycles. The van der Waals surface area contributed by atoms with Gasteiger partial charge in [0.2, 0.25) is 5.91 Å². The highest BCUT2D eigenvalue weighted by Crippen LogP contribution is 2.15. The number of carbonyl (C=O) groups is 2. The van der Waals surface area contributed by atoms with Crippen molar-refractivity contribution < 1.29 is 27.5 Å². The Bertz CT molecular complexity index is 353. The van der Waals surface area contributed by atoms with Gasteiger partial charge in [0.25, 0.3) is 0 Å². The molecule has 116 valence electrons. The summed E-state index contributed by atoms with van der Waals surface area (Å²) in [6, 6.07) is 0. The van der Waals surface area contributed by atoms with Crippen LogP contribution in [0.5, 0.6) is 0 Å². The minimum Gasteiger partial charge on any atom is -0.440 e. The maximum Gasteiger partial charge on any atom is 0.422 e. The van der Waals surface area contributed by atoms with Crippen LogP contribution in [0.15, 0.2) is 0 Å². The molecule has 20 heavy (non-hydrogen) atoms. The lowest BCUT2D eigenvalue weighted by Gasteiger charge is -2.34. The van der Waals surface area contributed by atoms with Gasteiger partial charge in [-0.05, 0) is 14.1 Å². The van der Waals surface area contributed by atoms with E-state index in [-0.39, 0.29) is 25.5 Å². The Labute approximate surface area is 115 Å². The molecular weight excluding hydrogens is 279 g/mol. The molecule has 0 aromatic carbocycles. The van der Waals surface area contributed by atoms with Gasteiger partial charge in [0, 0.05) is 26.2 Å². The molecule has 0 N–H and O–H groups in total. The van der Waals surface area contributed by atoms with E-state index in [2.05, 4.69) is 4.74 Å². The molecule has 0 spiro atoms. The Kier molecular flexibility index (Phi) is 5.61. The number of amides is 2. The summed E-state index contributed by atoms with van der Waals surface area (Å²) in [6.07, 6.45) is -5.53. The maximum atomic E-state index is 11.9. The fourth-order valence-electron chi connectivity index (χ4n) is 1.74. The molecule has 1 aliphatic rings. The summed E-state index contributed by atoms with van der Waals surface area (Å²) in [6.45, 7) is -0.378. The zero-order valence-corrected chi connectivity index (χ0v) is 11.4. The molecule has 1 fully saturated rings. The number of halogens is 3. The molecule has 0 unspecified atom stereocenters. The van der Waals surface area contributed by atoms with Gasteiger partial charge in [0.05, 0.1) is 6.54 Å². The molecule has 0 saturated carbocycles. The molecule has 2 amide bonds. The molecule has 1 heterocycles. The van der Waals surface area contributed by atoms with Crippen molar-refractivity contribution in [2.75, 3.05) is 53.4 Å². The first kappa shape index (κ1) is 16.5. The third-order valence-electron chi connectivity index (χ3n) is 2.70. The minimum atomic E-state index is -4.53. The Morgan fingerprint density at radius 1 is 1.10 bits per heavy atom. The molecule has 0 aliphatic carbocycles. The third-order valence-corrected chi connectivity index (χ3v) is 2.70. The second kappa shape index (κ2) is 6.78. The van der Waals surface area contributed by atoms with Crippen LogP contribution < -0.4 is 0 Å². The van der Waals surface area contributed by atoms with Gasteiger partial charge in [0.1, 0.15) is 0 Å². The van der Waals surface area contributed by atoms with Gasteiger partial charge < -0.3 is 19.4 Å². The van der Waals surface area contributed by atoms with Crippen LogP contribution in [0.2, 0.25) is 0 Å². The highest BCUT2D eigenvalue weighted by Gasteiger charge is 2.32.